The largest absolute Gasteiger partial charge is 0.493 e. The normalized spacial score (nSPS) is 9.83. The van der Waals surface area contributed by atoms with Crippen molar-refractivity contribution in [2.75, 3.05) is 13.7 Å². The van der Waals surface area contributed by atoms with Crippen LogP contribution in [-0.2, 0) is 4.79 Å². The van der Waals surface area contributed by atoms with Crippen molar-refractivity contribution in [3.05, 3.63) is 53.9 Å². The average Bonchev–Trinajstić information content (AvgIpc) is 2.59. The zero-order valence-electron chi connectivity index (χ0n) is 12.8. The Labute approximate surface area is 133 Å². The van der Waals surface area contributed by atoms with Crippen LogP contribution in [0.25, 0.3) is 0 Å². The van der Waals surface area contributed by atoms with E-state index in [0.29, 0.717) is 11.5 Å². The lowest BCUT2D eigenvalue weighted by atomic mass is 10.2. The molecule has 2 aromatic rings. The second-order valence-corrected chi connectivity index (χ2v) is 4.66. The van der Waals surface area contributed by atoms with Crippen molar-refractivity contribution in [1.29, 1.82) is 0 Å². The van der Waals surface area contributed by atoms with E-state index in [4.69, 9.17) is 9.47 Å². The molecule has 0 saturated heterocycles. The minimum absolute atomic E-state index is 0.203. The monoisotopic (exact) mass is 315 g/mol. The number of nitrogens with zero attached hydrogens (tertiary/aromatic N) is 1. The minimum Gasteiger partial charge on any atom is -0.493 e. The summed E-state index contributed by atoms with van der Waals surface area (Å²) in [6, 6.07) is 10.3. The molecule has 0 fully saturated rings. The summed E-state index contributed by atoms with van der Waals surface area (Å²) < 4.78 is 10.6. The molecule has 0 spiro atoms. The molecule has 0 bridgehead atoms. The smallest absolute Gasteiger partial charge is 0.288 e. The highest BCUT2D eigenvalue weighted by molar-refractivity contribution is 5.93. The van der Waals surface area contributed by atoms with E-state index in [1.54, 1.807) is 24.3 Å². The summed E-state index contributed by atoms with van der Waals surface area (Å²) in [6.45, 7) is 1.66. The van der Waals surface area contributed by atoms with Crippen LogP contribution in [0.1, 0.15) is 16.1 Å². The fourth-order valence-corrected chi connectivity index (χ4v) is 1.76. The number of ether oxygens (including phenoxy) is 2. The van der Waals surface area contributed by atoms with Crippen LogP contribution in [0.15, 0.2) is 42.6 Å². The summed E-state index contributed by atoms with van der Waals surface area (Å²) in [5.41, 5.74) is 5.73. The third-order valence-corrected chi connectivity index (χ3v) is 2.89. The van der Waals surface area contributed by atoms with Crippen molar-refractivity contribution in [2.45, 2.75) is 6.92 Å². The lowest BCUT2D eigenvalue weighted by molar-refractivity contribution is -0.123. The Bertz CT molecular complexity index is 689. The second kappa shape index (κ2) is 7.79. The van der Waals surface area contributed by atoms with Gasteiger partial charge in [-0.15, -0.1) is 0 Å². The molecule has 0 radical (unpaired) electrons. The van der Waals surface area contributed by atoms with E-state index in [-0.39, 0.29) is 12.3 Å². The molecule has 0 aliphatic rings. The highest BCUT2D eigenvalue weighted by Gasteiger charge is 2.10. The summed E-state index contributed by atoms with van der Waals surface area (Å²) in [6.07, 6.45) is 1.49. The van der Waals surface area contributed by atoms with Crippen LogP contribution in [0.2, 0.25) is 0 Å². The Balaban J connectivity index is 1.83. The number of pyridine rings is 1. The van der Waals surface area contributed by atoms with Crippen molar-refractivity contribution >= 4 is 11.8 Å². The molecule has 0 aliphatic carbocycles. The van der Waals surface area contributed by atoms with Crippen LogP contribution in [0.4, 0.5) is 0 Å². The molecule has 7 heteroatoms. The van der Waals surface area contributed by atoms with Crippen LogP contribution in [-0.4, -0.2) is 30.5 Å². The highest BCUT2D eigenvalue weighted by atomic mass is 16.5. The number of aryl methyl sites for hydroxylation is 1. The molecule has 0 unspecified atom stereocenters. The second-order valence-electron chi connectivity index (χ2n) is 4.66. The first-order valence-corrected chi connectivity index (χ1v) is 6.88. The Kier molecular flexibility index (Phi) is 5.51. The zero-order chi connectivity index (χ0) is 16.7. The van der Waals surface area contributed by atoms with E-state index in [1.165, 1.54) is 19.4 Å². The van der Waals surface area contributed by atoms with Gasteiger partial charge in [-0.25, -0.2) is 0 Å². The van der Waals surface area contributed by atoms with Gasteiger partial charge in [0.05, 0.1) is 7.11 Å². The van der Waals surface area contributed by atoms with Gasteiger partial charge in [-0.05, 0) is 36.8 Å². The number of benzene rings is 1. The van der Waals surface area contributed by atoms with E-state index in [9.17, 15) is 9.59 Å². The summed E-state index contributed by atoms with van der Waals surface area (Å²) in [5, 5.41) is 0. The number of aromatic nitrogens is 1. The molecule has 0 atom stereocenters. The maximum absolute atomic E-state index is 11.7. The van der Waals surface area contributed by atoms with Gasteiger partial charge in [0.2, 0.25) is 0 Å². The van der Waals surface area contributed by atoms with Crippen LogP contribution in [0.3, 0.4) is 0 Å². The van der Waals surface area contributed by atoms with Gasteiger partial charge in [-0.3, -0.25) is 25.4 Å². The van der Waals surface area contributed by atoms with Gasteiger partial charge in [-0.1, -0.05) is 12.1 Å². The van der Waals surface area contributed by atoms with Crippen molar-refractivity contribution in [3.8, 4) is 11.5 Å². The van der Waals surface area contributed by atoms with Crippen LogP contribution in [0, 0.1) is 6.92 Å². The minimum atomic E-state index is -0.508. The number of rotatable bonds is 5. The number of hydrazine groups is 1. The van der Waals surface area contributed by atoms with Crippen molar-refractivity contribution < 1.29 is 19.1 Å². The van der Waals surface area contributed by atoms with Crippen molar-refractivity contribution in [2.24, 2.45) is 0 Å². The Morgan fingerprint density at radius 1 is 1.13 bits per heavy atom. The first-order chi connectivity index (χ1) is 11.1. The maximum atomic E-state index is 11.7. The van der Waals surface area contributed by atoms with Gasteiger partial charge in [0, 0.05) is 6.20 Å². The molecule has 0 aliphatic heterocycles. The first-order valence-electron chi connectivity index (χ1n) is 6.88. The molecule has 120 valence electrons. The van der Waals surface area contributed by atoms with Gasteiger partial charge in [-0.2, -0.15) is 0 Å². The molecule has 23 heavy (non-hydrogen) atoms. The van der Waals surface area contributed by atoms with E-state index in [0.717, 1.165) is 5.56 Å². The fourth-order valence-electron chi connectivity index (χ4n) is 1.76. The standard InChI is InChI=1S/C16H17N3O4/c1-11-6-7-13(14(9-11)22-2)23-10-15(20)18-19-16(21)12-5-3-4-8-17-12/h3-9H,10H2,1-2H3,(H,18,20)(H,19,21). The van der Waals surface area contributed by atoms with Crippen molar-refractivity contribution in [3.63, 3.8) is 0 Å². The van der Waals surface area contributed by atoms with Crippen molar-refractivity contribution in [1.82, 2.24) is 15.8 Å². The molecule has 1 heterocycles. The van der Waals surface area contributed by atoms with Crippen LogP contribution in [0.5, 0.6) is 11.5 Å². The SMILES string of the molecule is COc1cc(C)ccc1OCC(=O)NNC(=O)c1ccccn1. The Morgan fingerprint density at radius 2 is 1.96 bits per heavy atom. The number of hydrogen-bond donors (Lipinski definition) is 2. The van der Waals surface area contributed by atoms with Gasteiger partial charge in [0.1, 0.15) is 5.69 Å². The summed E-state index contributed by atoms with van der Waals surface area (Å²) in [5.74, 6) is -0.0246. The molecule has 2 amide bonds. The quantitative estimate of drug-likeness (QED) is 0.810. The molecule has 2 rings (SSSR count). The van der Waals surface area contributed by atoms with Crippen LogP contribution < -0.4 is 20.3 Å². The lowest BCUT2D eigenvalue weighted by Crippen LogP contribution is -2.44. The maximum Gasteiger partial charge on any atom is 0.288 e. The van der Waals surface area contributed by atoms with E-state index < -0.39 is 11.8 Å². The molecule has 2 N–H and O–H groups in total. The number of nitrogens with one attached hydrogen (secondary N) is 2. The van der Waals surface area contributed by atoms with Gasteiger partial charge in [0.25, 0.3) is 11.8 Å². The summed E-state index contributed by atoms with van der Waals surface area (Å²) >= 11 is 0. The zero-order valence-corrected chi connectivity index (χ0v) is 12.8. The number of amides is 2. The summed E-state index contributed by atoms with van der Waals surface area (Å²) in [7, 11) is 1.52. The van der Waals surface area contributed by atoms with Gasteiger partial charge in [0.15, 0.2) is 18.1 Å². The number of carbonyl (C=O) groups excluding carboxylic acids is 2. The first kappa shape index (κ1) is 16.3. The van der Waals surface area contributed by atoms with Crippen LogP contribution >= 0.6 is 0 Å². The van der Waals surface area contributed by atoms with E-state index in [2.05, 4.69) is 15.8 Å². The van der Waals surface area contributed by atoms with E-state index >= 15 is 0 Å². The average molecular weight is 315 g/mol. The Morgan fingerprint density at radius 3 is 2.65 bits per heavy atom. The number of methoxy groups -OCH3 is 1. The molecular formula is C16H17N3O4. The number of carbonyl (C=O) groups is 2. The summed E-state index contributed by atoms with van der Waals surface area (Å²) in [4.78, 5) is 27.3. The molecule has 0 saturated carbocycles. The highest BCUT2D eigenvalue weighted by Crippen LogP contribution is 2.27. The third kappa shape index (κ3) is 4.70. The Hall–Kier alpha value is -3.09. The molecule has 1 aromatic carbocycles. The topological polar surface area (TPSA) is 89.5 Å². The fraction of sp³-hybridized carbons (Fsp3) is 0.188. The molecule has 1 aromatic heterocycles. The molecule has 7 nitrogen and oxygen atoms in total. The lowest BCUT2D eigenvalue weighted by Gasteiger charge is -2.11. The van der Waals surface area contributed by atoms with Gasteiger partial charge < -0.3 is 9.47 Å². The third-order valence-electron chi connectivity index (χ3n) is 2.89. The van der Waals surface area contributed by atoms with E-state index in [1.807, 2.05) is 13.0 Å². The van der Waals surface area contributed by atoms with Gasteiger partial charge >= 0.3 is 0 Å². The predicted molar refractivity (Wildman–Crippen MR) is 83.1 cm³/mol. The predicted octanol–water partition coefficient (Wildman–Crippen LogP) is 1.24. The number of hydrogen-bond acceptors (Lipinski definition) is 5. The molecular weight excluding hydrogens is 298 g/mol.